The molecule has 0 unspecified atom stereocenters. The summed E-state index contributed by atoms with van der Waals surface area (Å²) in [5.74, 6) is -0.725. The number of aromatic nitrogens is 1. The van der Waals surface area contributed by atoms with Crippen LogP contribution >= 0.6 is 11.3 Å². The molecule has 0 bridgehead atoms. The number of hydrogen-bond donors (Lipinski definition) is 1. The fourth-order valence-electron chi connectivity index (χ4n) is 4.59. The van der Waals surface area contributed by atoms with Crippen LogP contribution < -0.4 is 19.1 Å². The molecule has 1 saturated heterocycles. The van der Waals surface area contributed by atoms with Crippen LogP contribution in [0, 0.1) is 10.1 Å². The molecule has 1 fully saturated rings. The van der Waals surface area contributed by atoms with Gasteiger partial charge >= 0.3 is 5.91 Å². The highest BCUT2D eigenvalue weighted by Crippen LogP contribution is 2.45. The van der Waals surface area contributed by atoms with Gasteiger partial charge in [0.1, 0.15) is 24.7 Å². The van der Waals surface area contributed by atoms with Gasteiger partial charge in [-0.2, -0.15) is 0 Å². The van der Waals surface area contributed by atoms with Gasteiger partial charge in [0.05, 0.1) is 33.9 Å². The van der Waals surface area contributed by atoms with E-state index >= 15 is 0 Å². The summed E-state index contributed by atoms with van der Waals surface area (Å²) in [6.07, 6.45) is 0. The smallest absolute Gasteiger partial charge is 0.301 e. The minimum absolute atomic E-state index is 0.158. The number of benzene rings is 3. The summed E-state index contributed by atoms with van der Waals surface area (Å²) in [5.41, 5.74) is 0.887. The zero-order valence-corrected chi connectivity index (χ0v) is 21.1. The van der Waals surface area contributed by atoms with Crippen molar-refractivity contribution in [3.63, 3.8) is 0 Å². The van der Waals surface area contributed by atoms with E-state index in [0.717, 1.165) is 4.70 Å². The molecule has 0 aliphatic carbocycles. The minimum atomic E-state index is -1.10. The number of ketones is 1. The van der Waals surface area contributed by atoms with Crippen LogP contribution in [-0.4, -0.2) is 47.0 Å². The number of aliphatic hydroxyl groups is 1. The Morgan fingerprint density at radius 2 is 1.82 bits per heavy atom. The first-order valence-corrected chi connectivity index (χ1v) is 12.6. The van der Waals surface area contributed by atoms with E-state index in [-0.39, 0.29) is 22.0 Å². The fourth-order valence-corrected chi connectivity index (χ4v) is 5.61. The summed E-state index contributed by atoms with van der Waals surface area (Å²) in [6, 6.07) is 14.3. The number of hydrogen-bond acceptors (Lipinski definition) is 10. The number of amides is 1. The molecule has 3 heterocycles. The molecule has 6 rings (SSSR count). The van der Waals surface area contributed by atoms with Crippen LogP contribution in [0.25, 0.3) is 16.0 Å². The molecule has 11 nitrogen and oxygen atoms in total. The number of ether oxygens (including phenoxy) is 3. The Kier molecular flexibility index (Phi) is 5.88. The molecule has 39 heavy (non-hydrogen) atoms. The van der Waals surface area contributed by atoms with E-state index in [1.165, 1.54) is 53.7 Å². The van der Waals surface area contributed by atoms with Gasteiger partial charge in [-0.15, -0.1) is 0 Å². The van der Waals surface area contributed by atoms with Gasteiger partial charge in [0.25, 0.3) is 11.5 Å². The van der Waals surface area contributed by atoms with E-state index in [2.05, 4.69) is 4.98 Å². The quantitative estimate of drug-likeness (QED) is 0.125. The van der Waals surface area contributed by atoms with E-state index in [0.29, 0.717) is 41.5 Å². The monoisotopic (exact) mass is 545 g/mol. The number of nitrogens with zero attached hydrogens (tertiary/aromatic N) is 3. The van der Waals surface area contributed by atoms with Gasteiger partial charge in [-0.3, -0.25) is 24.6 Å². The summed E-state index contributed by atoms with van der Waals surface area (Å²) in [6.45, 7) is 0.713. The van der Waals surface area contributed by atoms with Crippen LogP contribution in [0.2, 0.25) is 0 Å². The van der Waals surface area contributed by atoms with E-state index < -0.39 is 28.4 Å². The standard InChI is InChI=1S/C27H19N3O8S/c1-36-17-7-8-18-21(13-17)39-27(28-18)29-23(14-2-5-16(6-3-14)30(34)35)22(25(32)26(29)33)24(31)15-4-9-19-20(12-15)38-11-10-37-19/h2-9,12-13,23,31H,10-11H2,1H3/t23-/m0/s1. The van der Waals surface area contributed by atoms with Gasteiger partial charge in [0.2, 0.25) is 0 Å². The third kappa shape index (κ3) is 4.10. The lowest BCUT2D eigenvalue weighted by molar-refractivity contribution is -0.384. The maximum atomic E-state index is 13.5. The van der Waals surface area contributed by atoms with Crippen LogP contribution in [0.15, 0.2) is 66.2 Å². The Morgan fingerprint density at radius 1 is 1.08 bits per heavy atom. The van der Waals surface area contributed by atoms with E-state index in [1.54, 1.807) is 30.3 Å². The van der Waals surface area contributed by atoms with Crippen LogP contribution in [0.3, 0.4) is 0 Å². The Morgan fingerprint density at radius 3 is 2.54 bits per heavy atom. The van der Waals surface area contributed by atoms with Crippen molar-refractivity contribution >= 4 is 49.8 Å². The molecular weight excluding hydrogens is 526 g/mol. The Balaban J connectivity index is 1.53. The lowest BCUT2D eigenvalue weighted by atomic mass is 9.95. The summed E-state index contributed by atoms with van der Waals surface area (Å²) < 4.78 is 17.2. The second-order valence-corrected chi connectivity index (χ2v) is 9.72. The molecule has 0 saturated carbocycles. The topological polar surface area (TPSA) is 141 Å². The van der Waals surface area contributed by atoms with Gasteiger partial charge < -0.3 is 19.3 Å². The number of anilines is 1. The Labute approximate surface area is 224 Å². The summed E-state index contributed by atoms with van der Waals surface area (Å²) in [5, 5.41) is 22.9. The lowest BCUT2D eigenvalue weighted by Gasteiger charge is -2.23. The predicted octanol–water partition coefficient (Wildman–Crippen LogP) is 4.61. The first-order valence-electron chi connectivity index (χ1n) is 11.8. The molecule has 3 aromatic carbocycles. The van der Waals surface area contributed by atoms with Gasteiger partial charge in [0, 0.05) is 17.7 Å². The number of rotatable bonds is 5. The number of nitro benzene ring substituents is 1. The third-order valence-electron chi connectivity index (χ3n) is 6.47. The van der Waals surface area contributed by atoms with Crippen molar-refractivity contribution in [3.05, 3.63) is 87.5 Å². The highest BCUT2D eigenvalue weighted by Gasteiger charge is 2.48. The highest BCUT2D eigenvalue weighted by molar-refractivity contribution is 7.22. The van der Waals surface area contributed by atoms with Gasteiger partial charge in [-0.1, -0.05) is 11.3 Å². The number of carbonyl (C=O) groups excluding carboxylic acids is 2. The van der Waals surface area contributed by atoms with E-state index in [9.17, 15) is 24.8 Å². The first-order chi connectivity index (χ1) is 18.9. The normalized spacial score (nSPS) is 18.0. The number of non-ortho nitro benzene ring substituents is 1. The lowest BCUT2D eigenvalue weighted by Crippen LogP contribution is -2.29. The maximum Gasteiger partial charge on any atom is 0.301 e. The second-order valence-electron chi connectivity index (χ2n) is 8.71. The largest absolute Gasteiger partial charge is 0.507 e. The number of thiazole rings is 1. The van der Waals surface area contributed by atoms with Crippen LogP contribution in [0.1, 0.15) is 17.2 Å². The number of fused-ring (bicyclic) bond motifs is 2. The number of nitro groups is 1. The van der Waals surface area contributed by atoms with Crippen molar-refractivity contribution < 1.29 is 33.8 Å². The number of aliphatic hydroxyl groups excluding tert-OH is 1. The van der Waals surface area contributed by atoms with Crippen molar-refractivity contribution in [1.82, 2.24) is 4.98 Å². The third-order valence-corrected chi connectivity index (χ3v) is 7.49. The number of methoxy groups -OCH3 is 1. The van der Waals surface area contributed by atoms with Crippen molar-refractivity contribution in [1.29, 1.82) is 0 Å². The second kappa shape index (κ2) is 9.40. The Bertz CT molecular complexity index is 1700. The summed E-state index contributed by atoms with van der Waals surface area (Å²) >= 11 is 1.18. The molecule has 2 aliphatic heterocycles. The molecule has 1 aromatic heterocycles. The average molecular weight is 546 g/mol. The molecule has 1 atom stereocenters. The SMILES string of the molecule is COc1ccc2nc(N3C(=O)C(=O)C(=C(O)c4ccc5c(c4)OCCO5)[C@@H]3c3ccc([N+](=O)[O-])cc3)sc2c1. The molecule has 4 aromatic rings. The molecule has 2 aliphatic rings. The molecule has 196 valence electrons. The molecule has 1 amide bonds. The number of Topliss-reactive ketones (excluding diaryl/α,β-unsaturated/α-hetero) is 1. The van der Waals surface area contributed by atoms with E-state index in [4.69, 9.17) is 14.2 Å². The fraction of sp³-hybridized carbons (Fsp3) is 0.148. The summed E-state index contributed by atoms with van der Waals surface area (Å²) in [7, 11) is 1.54. The van der Waals surface area contributed by atoms with Crippen molar-refractivity contribution in [2.45, 2.75) is 6.04 Å². The van der Waals surface area contributed by atoms with Crippen molar-refractivity contribution in [2.24, 2.45) is 0 Å². The van der Waals surface area contributed by atoms with Crippen molar-refractivity contribution in [3.8, 4) is 17.2 Å². The predicted molar refractivity (Wildman–Crippen MR) is 141 cm³/mol. The van der Waals surface area contributed by atoms with Crippen LogP contribution in [0.4, 0.5) is 10.8 Å². The highest BCUT2D eigenvalue weighted by atomic mass is 32.1. The van der Waals surface area contributed by atoms with Gasteiger partial charge in [-0.25, -0.2) is 4.98 Å². The van der Waals surface area contributed by atoms with Gasteiger partial charge in [0.15, 0.2) is 16.6 Å². The molecule has 0 spiro atoms. The van der Waals surface area contributed by atoms with Crippen molar-refractivity contribution in [2.75, 3.05) is 25.2 Å². The molecule has 1 N–H and O–H groups in total. The van der Waals surface area contributed by atoms with E-state index in [1.807, 2.05) is 0 Å². The molecule has 0 radical (unpaired) electrons. The average Bonchev–Trinajstić information content (AvgIpc) is 3.49. The minimum Gasteiger partial charge on any atom is -0.507 e. The van der Waals surface area contributed by atoms with Crippen LogP contribution in [0.5, 0.6) is 17.2 Å². The maximum absolute atomic E-state index is 13.5. The Hall–Kier alpha value is -4.97. The molecular formula is C27H19N3O8S. The first kappa shape index (κ1) is 24.4. The number of carbonyl (C=O) groups is 2. The summed E-state index contributed by atoms with van der Waals surface area (Å²) in [4.78, 5) is 43.4. The molecule has 12 heteroatoms. The zero-order valence-electron chi connectivity index (χ0n) is 20.3. The van der Waals surface area contributed by atoms with Gasteiger partial charge in [-0.05, 0) is 54.1 Å². The van der Waals surface area contributed by atoms with Crippen LogP contribution in [-0.2, 0) is 9.59 Å². The zero-order chi connectivity index (χ0) is 27.3.